The van der Waals surface area contributed by atoms with Crippen molar-refractivity contribution in [3.63, 3.8) is 0 Å². The molecule has 3 aliphatic heterocycles. The van der Waals surface area contributed by atoms with Gasteiger partial charge in [-0.1, -0.05) is 0 Å². The fraction of sp³-hybridized carbons (Fsp3) is 0.476. The minimum absolute atomic E-state index is 0.00659. The molecule has 0 saturated carbocycles. The monoisotopic (exact) mass is 411 g/mol. The molecule has 9 heteroatoms. The van der Waals surface area contributed by atoms with Crippen molar-refractivity contribution < 1.29 is 19.0 Å². The number of aromatic nitrogens is 2. The third kappa shape index (κ3) is 3.72. The average Bonchev–Trinajstić information content (AvgIpc) is 3.27. The Bertz CT molecular complexity index is 939. The lowest BCUT2D eigenvalue weighted by Crippen LogP contribution is -2.49. The molecule has 0 aliphatic carbocycles. The summed E-state index contributed by atoms with van der Waals surface area (Å²) in [6, 6.07) is 7.36. The number of fused-ring (bicyclic) bond motifs is 1. The van der Waals surface area contributed by atoms with E-state index in [1.54, 1.807) is 18.2 Å². The summed E-state index contributed by atoms with van der Waals surface area (Å²) in [6.07, 6.45) is 0. The van der Waals surface area contributed by atoms with Gasteiger partial charge >= 0.3 is 0 Å². The predicted molar refractivity (Wildman–Crippen MR) is 110 cm³/mol. The van der Waals surface area contributed by atoms with E-state index in [0.29, 0.717) is 43.2 Å². The van der Waals surface area contributed by atoms with Gasteiger partial charge < -0.3 is 28.9 Å². The van der Waals surface area contributed by atoms with Crippen molar-refractivity contribution >= 4 is 17.7 Å². The molecule has 2 aromatic rings. The third-order valence-electron chi connectivity index (χ3n) is 5.63. The van der Waals surface area contributed by atoms with E-state index in [4.69, 9.17) is 19.2 Å². The summed E-state index contributed by atoms with van der Waals surface area (Å²) >= 11 is 0. The van der Waals surface area contributed by atoms with Crippen molar-refractivity contribution in [1.82, 2.24) is 14.9 Å². The van der Waals surface area contributed by atoms with Crippen LogP contribution in [0.3, 0.4) is 0 Å². The standard InChI is InChI=1S/C21H25N5O4/c1-15-12-19(24-8-10-28-11-9-24)23-21(22-15)26-6-4-25(5-7-26)20(27)16-2-3-17-18(13-16)30-14-29-17/h2-3,12-13H,4-11,14H2,1H3. The smallest absolute Gasteiger partial charge is 0.254 e. The fourth-order valence-corrected chi connectivity index (χ4v) is 3.95. The van der Waals surface area contributed by atoms with Gasteiger partial charge in [-0.2, -0.15) is 4.98 Å². The lowest BCUT2D eigenvalue weighted by atomic mass is 10.1. The summed E-state index contributed by atoms with van der Waals surface area (Å²) in [5.41, 5.74) is 1.56. The number of carbonyl (C=O) groups excluding carboxylic acids is 1. The van der Waals surface area contributed by atoms with Gasteiger partial charge in [0, 0.05) is 56.6 Å². The first-order chi connectivity index (χ1) is 14.7. The lowest BCUT2D eigenvalue weighted by molar-refractivity contribution is 0.0746. The second-order valence-corrected chi connectivity index (χ2v) is 7.61. The van der Waals surface area contributed by atoms with Crippen molar-refractivity contribution in [2.75, 3.05) is 69.1 Å². The number of benzene rings is 1. The highest BCUT2D eigenvalue weighted by molar-refractivity contribution is 5.95. The molecule has 5 rings (SSSR count). The Morgan fingerprint density at radius 2 is 1.67 bits per heavy atom. The number of anilines is 2. The molecule has 9 nitrogen and oxygen atoms in total. The number of ether oxygens (including phenoxy) is 3. The maximum atomic E-state index is 12.9. The Morgan fingerprint density at radius 3 is 2.47 bits per heavy atom. The maximum absolute atomic E-state index is 12.9. The Kier molecular flexibility index (Phi) is 5.04. The quantitative estimate of drug-likeness (QED) is 0.748. The summed E-state index contributed by atoms with van der Waals surface area (Å²) in [7, 11) is 0. The van der Waals surface area contributed by atoms with E-state index in [2.05, 4.69) is 14.8 Å². The van der Waals surface area contributed by atoms with E-state index in [9.17, 15) is 4.79 Å². The molecule has 2 fully saturated rings. The van der Waals surface area contributed by atoms with E-state index in [1.165, 1.54) is 0 Å². The number of morpholine rings is 1. The van der Waals surface area contributed by atoms with E-state index < -0.39 is 0 Å². The minimum Gasteiger partial charge on any atom is -0.454 e. The second kappa shape index (κ2) is 7.98. The molecule has 1 aromatic heterocycles. The van der Waals surface area contributed by atoms with Crippen LogP contribution in [0.5, 0.6) is 11.5 Å². The van der Waals surface area contributed by atoms with Crippen molar-refractivity contribution in [1.29, 1.82) is 0 Å². The van der Waals surface area contributed by atoms with Gasteiger partial charge in [-0.15, -0.1) is 0 Å². The van der Waals surface area contributed by atoms with Crippen molar-refractivity contribution in [2.24, 2.45) is 0 Å². The summed E-state index contributed by atoms with van der Waals surface area (Å²) in [4.78, 5) is 28.6. The van der Waals surface area contributed by atoms with E-state index in [0.717, 1.165) is 43.8 Å². The third-order valence-corrected chi connectivity index (χ3v) is 5.63. The first-order valence-electron chi connectivity index (χ1n) is 10.3. The summed E-state index contributed by atoms with van der Waals surface area (Å²) < 4.78 is 16.2. The summed E-state index contributed by atoms with van der Waals surface area (Å²) in [6.45, 7) is 7.96. The molecule has 0 atom stereocenters. The van der Waals surface area contributed by atoms with Gasteiger partial charge in [0.05, 0.1) is 13.2 Å². The zero-order valence-electron chi connectivity index (χ0n) is 17.0. The summed E-state index contributed by atoms with van der Waals surface area (Å²) in [5, 5.41) is 0. The molecular weight excluding hydrogens is 386 g/mol. The molecular formula is C21H25N5O4. The molecule has 0 unspecified atom stereocenters. The van der Waals surface area contributed by atoms with Crippen LogP contribution < -0.4 is 19.3 Å². The van der Waals surface area contributed by atoms with Gasteiger partial charge in [-0.3, -0.25) is 4.79 Å². The van der Waals surface area contributed by atoms with Gasteiger partial charge in [0.15, 0.2) is 11.5 Å². The first kappa shape index (κ1) is 18.9. The zero-order chi connectivity index (χ0) is 20.5. The lowest BCUT2D eigenvalue weighted by Gasteiger charge is -2.35. The van der Waals surface area contributed by atoms with Gasteiger partial charge in [0.1, 0.15) is 5.82 Å². The van der Waals surface area contributed by atoms with Crippen LogP contribution >= 0.6 is 0 Å². The van der Waals surface area contributed by atoms with Crippen LogP contribution in [-0.2, 0) is 4.74 Å². The predicted octanol–water partition coefficient (Wildman–Crippen LogP) is 1.31. The fourth-order valence-electron chi connectivity index (χ4n) is 3.95. The van der Waals surface area contributed by atoms with Gasteiger partial charge in [-0.25, -0.2) is 4.98 Å². The SMILES string of the molecule is Cc1cc(N2CCOCC2)nc(N2CCN(C(=O)c3ccc4c(c3)OCO4)CC2)n1. The van der Waals surface area contributed by atoms with Crippen molar-refractivity contribution in [3.05, 3.63) is 35.5 Å². The highest BCUT2D eigenvalue weighted by atomic mass is 16.7. The average molecular weight is 411 g/mol. The molecule has 0 radical (unpaired) electrons. The molecule has 1 amide bonds. The largest absolute Gasteiger partial charge is 0.454 e. The van der Waals surface area contributed by atoms with Crippen LogP contribution in [0.1, 0.15) is 16.1 Å². The van der Waals surface area contributed by atoms with Crippen molar-refractivity contribution in [3.8, 4) is 11.5 Å². The minimum atomic E-state index is 0.00659. The van der Waals surface area contributed by atoms with E-state index >= 15 is 0 Å². The van der Waals surface area contributed by atoms with Crippen LogP contribution in [0.15, 0.2) is 24.3 Å². The Morgan fingerprint density at radius 1 is 0.900 bits per heavy atom. The molecule has 158 valence electrons. The zero-order valence-corrected chi connectivity index (χ0v) is 17.0. The second-order valence-electron chi connectivity index (χ2n) is 7.61. The topological polar surface area (TPSA) is 80.3 Å². The number of aryl methyl sites for hydroxylation is 1. The maximum Gasteiger partial charge on any atom is 0.254 e. The number of carbonyl (C=O) groups is 1. The molecule has 2 saturated heterocycles. The Hall–Kier alpha value is -3.07. The summed E-state index contributed by atoms with van der Waals surface area (Å²) in [5.74, 6) is 2.99. The number of nitrogens with zero attached hydrogens (tertiary/aromatic N) is 5. The number of rotatable bonds is 3. The van der Waals surface area contributed by atoms with Crippen LogP contribution in [0.2, 0.25) is 0 Å². The number of hydrogen-bond donors (Lipinski definition) is 0. The van der Waals surface area contributed by atoms with E-state index in [1.807, 2.05) is 17.9 Å². The first-order valence-corrected chi connectivity index (χ1v) is 10.3. The Balaban J connectivity index is 1.25. The normalized spacial score (nSPS) is 18.6. The van der Waals surface area contributed by atoms with Crippen LogP contribution in [0, 0.1) is 6.92 Å². The molecule has 0 spiro atoms. The molecule has 3 aliphatic rings. The van der Waals surface area contributed by atoms with Crippen molar-refractivity contribution in [2.45, 2.75) is 6.92 Å². The van der Waals surface area contributed by atoms with Crippen LogP contribution in [0.4, 0.5) is 11.8 Å². The van der Waals surface area contributed by atoms with Crippen LogP contribution in [0.25, 0.3) is 0 Å². The number of hydrogen-bond acceptors (Lipinski definition) is 8. The number of piperazine rings is 1. The van der Waals surface area contributed by atoms with Crippen LogP contribution in [-0.4, -0.2) is 80.1 Å². The molecule has 4 heterocycles. The van der Waals surface area contributed by atoms with Gasteiger partial charge in [0.2, 0.25) is 12.7 Å². The van der Waals surface area contributed by atoms with Gasteiger partial charge in [0.25, 0.3) is 5.91 Å². The molecule has 30 heavy (non-hydrogen) atoms. The number of amides is 1. The van der Waals surface area contributed by atoms with E-state index in [-0.39, 0.29) is 12.7 Å². The Labute approximate surface area is 175 Å². The highest BCUT2D eigenvalue weighted by Crippen LogP contribution is 2.33. The molecule has 0 N–H and O–H groups in total. The molecule has 1 aromatic carbocycles. The van der Waals surface area contributed by atoms with Gasteiger partial charge in [-0.05, 0) is 25.1 Å². The highest BCUT2D eigenvalue weighted by Gasteiger charge is 2.26. The molecule has 0 bridgehead atoms.